The predicted octanol–water partition coefficient (Wildman–Crippen LogP) is 4.74. The van der Waals surface area contributed by atoms with Gasteiger partial charge in [-0.25, -0.2) is 9.78 Å². The highest BCUT2D eigenvalue weighted by atomic mass is 32.1. The average molecular weight is 365 g/mol. The predicted molar refractivity (Wildman–Crippen MR) is 104 cm³/mol. The second-order valence-electron chi connectivity index (χ2n) is 6.10. The molecule has 0 aliphatic rings. The minimum atomic E-state index is -0.843. The molecule has 0 fully saturated rings. The Morgan fingerprint density at radius 1 is 1.12 bits per heavy atom. The zero-order valence-corrected chi connectivity index (χ0v) is 15.7. The highest BCUT2D eigenvalue weighted by Crippen LogP contribution is 2.22. The summed E-state index contributed by atoms with van der Waals surface area (Å²) in [4.78, 5) is 28.9. The molecule has 3 aromatic rings. The van der Waals surface area contributed by atoms with Crippen LogP contribution in [0.15, 0.2) is 48.5 Å². The van der Waals surface area contributed by atoms with Crippen molar-refractivity contribution in [3.05, 3.63) is 70.2 Å². The number of aryl methyl sites for hydroxylation is 2. The summed E-state index contributed by atoms with van der Waals surface area (Å²) in [6, 6.07) is 13.2. The normalized spacial score (nSPS) is 12.4. The van der Waals surface area contributed by atoms with Crippen LogP contribution in [0.1, 0.15) is 33.4 Å². The minimum absolute atomic E-state index is 0.213. The third kappa shape index (κ3) is 4.06. The molecule has 0 bridgehead atoms. The largest absolute Gasteiger partial charge is 0.451 e. The lowest BCUT2D eigenvalue weighted by Crippen LogP contribution is -2.23. The molecule has 0 unspecified atom stereocenters. The molecule has 0 amide bonds. The topological polar surface area (TPSA) is 56.3 Å². The van der Waals surface area contributed by atoms with Crippen molar-refractivity contribution in [1.82, 2.24) is 4.98 Å². The fourth-order valence-corrected chi connectivity index (χ4v) is 3.37. The van der Waals surface area contributed by atoms with Crippen LogP contribution in [-0.2, 0) is 9.53 Å². The van der Waals surface area contributed by atoms with Crippen LogP contribution in [0.3, 0.4) is 0 Å². The molecule has 1 atom stereocenters. The van der Waals surface area contributed by atoms with Crippen molar-refractivity contribution >= 4 is 39.4 Å². The van der Waals surface area contributed by atoms with Crippen molar-refractivity contribution < 1.29 is 14.3 Å². The number of fused-ring (bicyclic) bond motifs is 1. The standard InChI is InChI=1S/C21H19NO3S/c1-13-8-9-16(12-14(13)2)21(24)15(3)25-20(23)11-10-19-22-17-6-4-5-7-18(17)26-19/h4-12,15H,1-3H3/b11-10+/t15-/m1/s1. The number of nitrogens with zero attached hydrogens (tertiary/aromatic N) is 1. The van der Waals surface area contributed by atoms with E-state index in [-0.39, 0.29) is 5.78 Å². The van der Waals surface area contributed by atoms with Crippen molar-refractivity contribution in [3.63, 3.8) is 0 Å². The number of thiazole rings is 1. The van der Waals surface area contributed by atoms with Crippen LogP contribution in [0.2, 0.25) is 0 Å². The number of rotatable bonds is 5. The number of para-hydroxylation sites is 1. The van der Waals surface area contributed by atoms with E-state index in [2.05, 4.69) is 4.98 Å². The van der Waals surface area contributed by atoms with Crippen molar-refractivity contribution in [1.29, 1.82) is 0 Å². The van der Waals surface area contributed by atoms with E-state index in [0.29, 0.717) is 5.56 Å². The number of benzene rings is 2. The van der Waals surface area contributed by atoms with Crippen LogP contribution >= 0.6 is 11.3 Å². The first-order valence-electron chi connectivity index (χ1n) is 8.30. The van der Waals surface area contributed by atoms with Gasteiger partial charge in [-0.2, -0.15) is 0 Å². The average Bonchev–Trinajstić information content (AvgIpc) is 3.04. The van der Waals surface area contributed by atoms with Gasteiger partial charge in [0.1, 0.15) is 5.01 Å². The quantitative estimate of drug-likeness (QED) is 0.372. The molecule has 0 saturated carbocycles. The van der Waals surface area contributed by atoms with Crippen LogP contribution in [-0.4, -0.2) is 22.8 Å². The van der Waals surface area contributed by atoms with Crippen LogP contribution in [0.4, 0.5) is 0 Å². The first-order chi connectivity index (χ1) is 12.4. The Kier molecular flexibility index (Phi) is 5.28. The molecule has 26 heavy (non-hydrogen) atoms. The molecule has 4 nitrogen and oxygen atoms in total. The van der Waals surface area contributed by atoms with Gasteiger partial charge in [-0.15, -0.1) is 11.3 Å². The zero-order valence-electron chi connectivity index (χ0n) is 14.9. The summed E-state index contributed by atoms with van der Waals surface area (Å²) in [6.07, 6.45) is 2.08. The number of hydrogen-bond acceptors (Lipinski definition) is 5. The Hall–Kier alpha value is -2.79. The molecule has 3 rings (SSSR count). The molecule has 0 aliphatic carbocycles. The Bertz CT molecular complexity index is 970. The van der Waals surface area contributed by atoms with Crippen molar-refractivity contribution in [3.8, 4) is 0 Å². The van der Waals surface area contributed by atoms with Gasteiger partial charge in [0.05, 0.1) is 10.2 Å². The lowest BCUT2D eigenvalue weighted by Gasteiger charge is -2.11. The van der Waals surface area contributed by atoms with Crippen molar-refractivity contribution in [2.45, 2.75) is 26.9 Å². The maximum Gasteiger partial charge on any atom is 0.331 e. The highest BCUT2D eigenvalue weighted by Gasteiger charge is 2.19. The highest BCUT2D eigenvalue weighted by molar-refractivity contribution is 7.19. The fourth-order valence-electron chi connectivity index (χ4n) is 2.50. The minimum Gasteiger partial charge on any atom is -0.451 e. The van der Waals surface area contributed by atoms with Gasteiger partial charge in [0.25, 0.3) is 0 Å². The number of aromatic nitrogens is 1. The smallest absolute Gasteiger partial charge is 0.331 e. The molecule has 0 N–H and O–H groups in total. The molecular formula is C21H19NO3S. The Morgan fingerprint density at radius 3 is 2.62 bits per heavy atom. The van der Waals surface area contributed by atoms with E-state index in [1.54, 1.807) is 19.1 Å². The van der Waals surface area contributed by atoms with Gasteiger partial charge in [0, 0.05) is 11.6 Å². The van der Waals surface area contributed by atoms with Crippen molar-refractivity contribution in [2.24, 2.45) is 0 Å². The van der Waals surface area contributed by atoms with E-state index in [4.69, 9.17) is 4.74 Å². The van der Waals surface area contributed by atoms with Gasteiger partial charge in [0.15, 0.2) is 6.10 Å². The molecule has 0 aliphatic heterocycles. The van der Waals surface area contributed by atoms with Gasteiger partial charge in [-0.1, -0.05) is 24.3 Å². The number of carbonyl (C=O) groups is 2. The second kappa shape index (κ2) is 7.62. The zero-order chi connectivity index (χ0) is 18.7. The van der Waals surface area contributed by atoms with Gasteiger partial charge in [-0.05, 0) is 56.2 Å². The van der Waals surface area contributed by atoms with Gasteiger partial charge < -0.3 is 4.74 Å². The van der Waals surface area contributed by atoms with Crippen LogP contribution in [0.25, 0.3) is 16.3 Å². The number of ether oxygens (including phenoxy) is 1. The van der Waals surface area contributed by atoms with E-state index in [9.17, 15) is 9.59 Å². The third-order valence-electron chi connectivity index (χ3n) is 4.13. The molecule has 2 aromatic carbocycles. The maximum absolute atomic E-state index is 12.4. The number of esters is 1. The van der Waals surface area contributed by atoms with E-state index in [1.807, 2.05) is 50.2 Å². The third-order valence-corrected chi connectivity index (χ3v) is 5.13. The van der Waals surface area contributed by atoms with Gasteiger partial charge >= 0.3 is 5.97 Å². The molecule has 0 radical (unpaired) electrons. The Morgan fingerprint density at radius 2 is 1.88 bits per heavy atom. The SMILES string of the molecule is Cc1ccc(C(=O)[C@@H](C)OC(=O)/C=C/c2nc3ccccc3s2)cc1C. The summed E-state index contributed by atoms with van der Waals surface area (Å²) >= 11 is 1.49. The van der Waals surface area contributed by atoms with Gasteiger partial charge in [-0.3, -0.25) is 4.79 Å². The molecule has 5 heteroatoms. The molecule has 0 spiro atoms. The first kappa shape index (κ1) is 18.0. The summed E-state index contributed by atoms with van der Waals surface area (Å²) in [5.41, 5.74) is 3.59. The summed E-state index contributed by atoms with van der Waals surface area (Å²) in [5.74, 6) is -0.774. The summed E-state index contributed by atoms with van der Waals surface area (Å²) in [5, 5.41) is 0.719. The number of Topliss-reactive ketones (excluding diaryl/α,β-unsaturated/α-hetero) is 1. The van der Waals surface area contributed by atoms with Crippen LogP contribution < -0.4 is 0 Å². The number of hydrogen-bond donors (Lipinski definition) is 0. The lowest BCUT2D eigenvalue weighted by atomic mass is 10.0. The van der Waals surface area contributed by atoms with Gasteiger partial charge in [0.2, 0.25) is 5.78 Å². The van der Waals surface area contributed by atoms with Crippen molar-refractivity contribution in [2.75, 3.05) is 0 Å². The van der Waals surface area contributed by atoms with Crippen LogP contribution in [0, 0.1) is 13.8 Å². The lowest BCUT2D eigenvalue weighted by molar-refractivity contribution is -0.140. The van der Waals surface area contributed by atoms with E-state index >= 15 is 0 Å². The molecule has 1 aromatic heterocycles. The summed E-state index contributed by atoms with van der Waals surface area (Å²) in [6.45, 7) is 5.52. The summed E-state index contributed by atoms with van der Waals surface area (Å²) < 4.78 is 6.29. The molecule has 0 saturated heterocycles. The maximum atomic E-state index is 12.4. The van der Waals surface area contributed by atoms with E-state index < -0.39 is 12.1 Å². The molecular weight excluding hydrogens is 346 g/mol. The fraction of sp³-hybridized carbons (Fsp3) is 0.190. The molecule has 132 valence electrons. The second-order valence-corrected chi connectivity index (χ2v) is 7.16. The summed E-state index contributed by atoms with van der Waals surface area (Å²) in [7, 11) is 0. The number of ketones is 1. The number of carbonyl (C=O) groups excluding carboxylic acids is 2. The Balaban J connectivity index is 1.64. The first-order valence-corrected chi connectivity index (χ1v) is 9.11. The van der Waals surface area contributed by atoms with E-state index in [1.165, 1.54) is 17.4 Å². The van der Waals surface area contributed by atoms with Crippen LogP contribution in [0.5, 0.6) is 0 Å². The molecule has 1 heterocycles. The monoisotopic (exact) mass is 365 g/mol. The Labute approximate surface area is 156 Å². The van der Waals surface area contributed by atoms with E-state index in [0.717, 1.165) is 26.4 Å².